The first-order valence-corrected chi connectivity index (χ1v) is 10.0. The molecule has 2 heterocycles. The molecule has 1 amide bonds. The maximum absolute atomic E-state index is 13.0. The Labute approximate surface area is 156 Å². The number of amides is 1. The molecule has 2 nitrogen and oxygen atoms in total. The van der Waals surface area contributed by atoms with Crippen LogP contribution in [0.1, 0.15) is 26.4 Å². The molecule has 1 aliphatic rings. The van der Waals surface area contributed by atoms with E-state index in [1.807, 2.05) is 24.9 Å². The molecule has 1 aromatic heterocycles. The normalized spacial score (nSPS) is 12.4. The van der Waals surface area contributed by atoms with Crippen molar-refractivity contribution in [2.45, 2.75) is 24.5 Å². The topological polar surface area (TPSA) is 20.3 Å². The Bertz CT molecular complexity index is 974. The molecule has 0 radical (unpaired) electrons. The van der Waals surface area contributed by atoms with E-state index in [1.165, 1.54) is 32.0 Å². The van der Waals surface area contributed by atoms with E-state index in [9.17, 15) is 4.79 Å². The van der Waals surface area contributed by atoms with Gasteiger partial charge in [-0.05, 0) is 54.8 Å². The summed E-state index contributed by atoms with van der Waals surface area (Å²) in [5, 5.41) is 0. The van der Waals surface area contributed by atoms with E-state index < -0.39 is 0 Å². The van der Waals surface area contributed by atoms with Gasteiger partial charge in [0.25, 0.3) is 5.91 Å². The first-order chi connectivity index (χ1) is 12.0. The van der Waals surface area contributed by atoms with Crippen molar-refractivity contribution in [1.82, 2.24) is 0 Å². The third kappa shape index (κ3) is 2.90. The average Bonchev–Trinajstić information content (AvgIpc) is 3.07. The number of thioether (sulfide) groups is 1. The molecule has 126 valence electrons. The van der Waals surface area contributed by atoms with Gasteiger partial charge in [0.2, 0.25) is 0 Å². The smallest absolute Gasteiger partial charge is 0.268 e. The predicted octanol–water partition coefficient (Wildman–Crippen LogP) is 5.91. The van der Waals surface area contributed by atoms with Crippen molar-refractivity contribution in [2.75, 3.05) is 11.9 Å². The molecular formula is C21H19NOS2. The van der Waals surface area contributed by atoms with E-state index in [1.54, 1.807) is 16.2 Å². The summed E-state index contributed by atoms with van der Waals surface area (Å²) >= 11 is 3.46. The van der Waals surface area contributed by atoms with E-state index >= 15 is 0 Å². The Hall–Kier alpha value is -2.04. The molecule has 0 N–H and O–H groups in total. The molecule has 1 aliphatic heterocycles. The van der Waals surface area contributed by atoms with E-state index in [0.29, 0.717) is 0 Å². The van der Waals surface area contributed by atoms with Crippen molar-refractivity contribution in [3.8, 4) is 10.4 Å². The van der Waals surface area contributed by atoms with Gasteiger partial charge in [-0.25, -0.2) is 0 Å². The minimum absolute atomic E-state index is 0.0603. The molecule has 0 spiro atoms. The second kappa shape index (κ2) is 6.36. The number of aryl methyl sites for hydroxylation is 2. The number of anilines is 1. The zero-order valence-electron chi connectivity index (χ0n) is 14.5. The quantitative estimate of drug-likeness (QED) is 0.562. The lowest BCUT2D eigenvalue weighted by Crippen LogP contribution is -2.25. The summed E-state index contributed by atoms with van der Waals surface area (Å²) in [6.07, 6.45) is 0. The van der Waals surface area contributed by atoms with Gasteiger partial charge in [-0.15, -0.1) is 23.1 Å². The first kappa shape index (κ1) is 16.4. The Morgan fingerprint density at radius 2 is 1.84 bits per heavy atom. The number of benzene rings is 2. The zero-order chi connectivity index (χ0) is 17.6. The molecule has 0 fully saturated rings. The molecule has 25 heavy (non-hydrogen) atoms. The van der Waals surface area contributed by atoms with E-state index in [4.69, 9.17) is 0 Å². The van der Waals surface area contributed by atoms with Crippen LogP contribution in [0, 0.1) is 13.8 Å². The predicted molar refractivity (Wildman–Crippen MR) is 108 cm³/mol. The second-order valence-electron chi connectivity index (χ2n) is 6.38. The standard InChI is InChI=1S/C21H19NOS2/c1-13-8-9-16(10-14(13)2)22(3)21(23)19-11-15-12-24-18-7-5-4-6-17(18)20(15)25-19/h4-11H,12H2,1-3H3. The Morgan fingerprint density at radius 3 is 2.64 bits per heavy atom. The monoisotopic (exact) mass is 365 g/mol. The van der Waals surface area contributed by atoms with Crippen molar-refractivity contribution in [3.05, 3.63) is 70.1 Å². The third-order valence-corrected chi connectivity index (χ3v) is 7.04. The van der Waals surface area contributed by atoms with Crippen LogP contribution in [-0.4, -0.2) is 13.0 Å². The number of carbonyl (C=O) groups is 1. The molecule has 0 saturated heterocycles. The number of nitrogens with zero attached hydrogens (tertiary/aromatic N) is 1. The Balaban J connectivity index is 1.68. The van der Waals surface area contributed by atoms with Gasteiger partial charge in [-0.1, -0.05) is 24.3 Å². The molecule has 0 aliphatic carbocycles. The van der Waals surface area contributed by atoms with Crippen LogP contribution in [0.3, 0.4) is 0 Å². The average molecular weight is 366 g/mol. The van der Waals surface area contributed by atoms with E-state index in [0.717, 1.165) is 16.3 Å². The van der Waals surface area contributed by atoms with E-state index in [2.05, 4.69) is 56.3 Å². The third-order valence-electron chi connectivity index (χ3n) is 4.72. The fourth-order valence-corrected chi connectivity index (χ4v) is 5.41. The van der Waals surface area contributed by atoms with Crippen molar-refractivity contribution in [1.29, 1.82) is 0 Å². The molecule has 0 atom stereocenters. The van der Waals surface area contributed by atoms with Gasteiger partial charge in [0.05, 0.1) is 4.88 Å². The fourth-order valence-electron chi connectivity index (χ4n) is 3.02. The summed E-state index contributed by atoms with van der Waals surface area (Å²) in [5.74, 6) is 0.994. The highest BCUT2D eigenvalue weighted by Crippen LogP contribution is 2.45. The van der Waals surface area contributed by atoms with Crippen LogP contribution in [-0.2, 0) is 5.75 Å². The van der Waals surface area contributed by atoms with E-state index in [-0.39, 0.29) is 5.91 Å². The number of rotatable bonds is 2. The molecule has 4 heteroatoms. The second-order valence-corrected chi connectivity index (χ2v) is 8.45. The number of thiophene rings is 1. The van der Waals surface area contributed by atoms with Gasteiger partial charge in [-0.3, -0.25) is 4.79 Å². The summed E-state index contributed by atoms with van der Waals surface area (Å²) in [4.78, 5) is 18.1. The fraction of sp³-hybridized carbons (Fsp3) is 0.190. The van der Waals surface area contributed by atoms with Crippen LogP contribution in [0.15, 0.2) is 53.4 Å². The van der Waals surface area contributed by atoms with Crippen LogP contribution >= 0.6 is 23.1 Å². The molecule has 0 bridgehead atoms. The SMILES string of the molecule is Cc1ccc(N(C)C(=O)c2cc3c(s2)-c2ccccc2SC3)cc1C. The number of carbonyl (C=O) groups excluding carboxylic acids is 1. The zero-order valence-corrected chi connectivity index (χ0v) is 16.1. The Kier molecular flexibility index (Phi) is 4.18. The summed E-state index contributed by atoms with van der Waals surface area (Å²) in [7, 11) is 1.86. The van der Waals surface area contributed by atoms with Crippen molar-refractivity contribution in [3.63, 3.8) is 0 Å². The maximum Gasteiger partial charge on any atom is 0.268 e. The highest BCUT2D eigenvalue weighted by molar-refractivity contribution is 7.98. The van der Waals surface area contributed by atoms with Crippen LogP contribution in [0.5, 0.6) is 0 Å². The summed E-state index contributed by atoms with van der Waals surface area (Å²) < 4.78 is 0. The van der Waals surface area contributed by atoms with Crippen molar-refractivity contribution < 1.29 is 4.79 Å². The Morgan fingerprint density at radius 1 is 1.04 bits per heavy atom. The number of hydrogen-bond acceptors (Lipinski definition) is 3. The number of fused-ring (bicyclic) bond motifs is 3. The molecule has 0 saturated carbocycles. The maximum atomic E-state index is 13.0. The van der Waals surface area contributed by atoms with Gasteiger partial charge in [-0.2, -0.15) is 0 Å². The van der Waals surface area contributed by atoms with Crippen molar-refractivity contribution in [2.24, 2.45) is 0 Å². The summed E-state index contributed by atoms with van der Waals surface area (Å²) in [6, 6.07) is 16.7. The molecule has 2 aromatic carbocycles. The molecule has 0 unspecified atom stereocenters. The van der Waals surface area contributed by atoms with Crippen LogP contribution in [0.4, 0.5) is 5.69 Å². The van der Waals surface area contributed by atoms with Gasteiger partial charge < -0.3 is 4.90 Å². The summed E-state index contributed by atoms with van der Waals surface area (Å²) in [6.45, 7) is 4.17. The van der Waals surface area contributed by atoms with Crippen LogP contribution in [0.2, 0.25) is 0 Å². The van der Waals surface area contributed by atoms with Crippen LogP contribution in [0.25, 0.3) is 10.4 Å². The molecule has 3 aromatic rings. The highest BCUT2D eigenvalue weighted by Gasteiger charge is 2.23. The number of hydrogen-bond donors (Lipinski definition) is 0. The van der Waals surface area contributed by atoms with Gasteiger partial charge in [0.15, 0.2) is 0 Å². The minimum atomic E-state index is 0.0603. The molecular weight excluding hydrogens is 346 g/mol. The summed E-state index contributed by atoms with van der Waals surface area (Å²) in [5.41, 5.74) is 5.91. The van der Waals surface area contributed by atoms with Gasteiger partial charge >= 0.3 is 0 Å². The largest absolute Gasteiger partial charge is 0.311 e. The van der Waals surface area contributed by atoms with Gasteiger partial charge in [0.1, 0.15) is 0 Å². The van der Waals surface area contributed by atoms with Gasteiger partial charge in [0, 0.05) is 33.8 Å². The van der Waals surface area contributed by atoms with Crippen molar-refractivity contribution >= 4 is 34.7 Å². The lowest BCUT2D eigenvalue weighted by Gasteiger charge is -2.17. The lowest BCUT2D eigenvalue weighted by molar-refractivity contribution is 0.0997. The first-order valence-electron chi connectivity index (χ1n) is 8.25. The molecule has 4 rings (SSSR count). The minimum Gasteiger partial charge on any atom is -0.311 e. The highest BCUT2D eigenvalue weighted by atomic mass is 32.2. The lowest BCUT2D eigenvalue weighted by atomic mass is 10.1. The van der Waals surface area contributed by atoms with Crippen LogP contribution < -0.4 is 4.90 Å².